The first-order chi connectivity index (χ1) is 16.2. The van der Waals surface area contributed by atoms with E-state index in [-0.39, 0.29) is 36.2 Å². The summed E-state index contributed by atoms with van der Waals surface area (Å²) in [6.45, 7) is 6.75. The second-order valence-corrected chi connectivity index (χ2v) is 11.5. The average molecular weight is 474 g/mol. The second kappa shape index (κ2) is 9.07. The van der Waals surface area contributed by atoms with Crippen molar-refractivity contribution in [2.75, 3.05) is 6.54 Å². The number of ether oxygens (including phenoxy) is 3. The fourth-order valence-corrected chi connectivity index (χ4v) is 7.51. The largest absolute Gasteiger partial charge is 0.462 e. The third-order valence-electron chi connectivity index (χ3n) is 9.50. The van der Waals surface area contributed by atoms with Crippen LogP contribution in [0.15, 0.2) is 23.8 Å². The normalized spacial score (nSPS) is 46.5. The molecule has 0 radical (unpaired) electrons. The molecule has 3 saturated heterocycles. The lowest BCUT2D eigenvalue weighted by Crippen LogP contribution is -2.95. The lowest BCUT2D eigenvalue weighted by molar-refractivity contribution is -0.699. The van der Waals surface area contributed by atoms with Crippen LogP contribution >= 0.6 is 0 Å². The van der Waals surface area contributed by atoms with Gasteiger partial charge in [-0.25, -0.2) is 4.79 Å². The maximum absolute atomic E-state index is 13.0. The van der Waals surface area contributed by atoms with Crippen LogP contribution < -0.4 is 11.1 Å². The molecule has 5 aliphatic rings. The number of piperidine rings is 1. The molecule has 2 aliphatic carbocycles. The molecular weight excluding hydrogens is 432 g/mol. The smallest absolute Gasteiger partial charge is 0.334 e. The number of fused-ring (bicyclic) bond motifs is 2. The molecule has 7 heteroatoms. The predicted molar refractivity (Wildman–Crippen MR) is 126 cm³/mol. The van der Waals surface area contributed by atoms with E-state index in [4.69, 9.17) is 19.9 Å². The topological polar surface area (TPSA) is 104 Å². The Morgan fingerprint density at radius 2 is 2.03 bits per heavy atom. The third kappa shape index (κ3) is 4.03. The molecular formula is C27H41N2O5+. The third-order valence-corrected chi connectivity index (χ3v) is 9.50. The molecule has 0 amide bonds. The summed E-state index contributed by atoms with van der Waals surface area (Å²) in [6.07, 6.45) is 13.1. The maximum atomic E-state index is 13.0. The van der Waals surface area contributed by atoms with Gasteiger partial charge in [0.2, 0.25) is 0 Å². The van der Waals surface area contributed by atoms with E-state index < -0.39 is 11.2 Å². The zero-order valence-electron chi connectivity index (χ0n) is 20.8. The van der Waals surface area contributed by atoms with E-state index in [9.17, 15) is 9.59 Å². The van der Waals surface area contributed by atoms with E-state index in [0.29, 0.717) is 36.2 Å². The van der Waals surface area contributed by atoms with Gasteiger partial charge in [0.1, 0.15) is 23.5 Å². The minimum absolute atomic E-state index is 0.0193. The van der Waals surface area contributed by atoms with Crippen molar-refractivity contribution in [2.24, 2.45) is 29.4 Å². The lowest BCUT2D eigenvalue weighted by atomic mass is 9.60. The molecule has 9 atom stereocenters. The molecule has 3 aliphatic heterocycles. The van der Waals surface area contributed by atoms with Crippen molar-refractivity contribution in [1.29, 1.82) is 0 Å². The zero-order chi connectivity index (χ0) is 24.1. The second-order valence-electron chi connectivity index (χ2n) is 11.5. The van der Waals surface area contributed by atoms with Gasteiger partial charge in [0.15, 0.2) is 0 Å². The Labute approximate surface area is 202 Å². The van der Waals surface area contributed by atoms with E-state index in [2.05, 4.69) is 24.4 Å². The molecule has 5 rings (SSSR count). The van der Waals surface area contributed by atoms with Crippen molar-refractivity contribution in [3.05, 3.63) is 23.8 Å². The summed E-state index contributed by atoms with van der Waals surface area (Å²) in [4.78, 5) is 25.0. The molecule has 9 unspecified atom stereocenters. The SMILES string of the molecule is CC=C(C)C(=O)OC1(C)CC=CC(C2CC[NH2+]C(N)C2)C12CC1CC3CCC(=O)OC3CC1O2. The predicted octanol–water partition coefficient (Wildman–Crippen LogP) is 2.35. The standard InChI is InChI=1S/C27H40N2O5/c1-4-16(2)25(31)34-26(3)10-5-6-20(17-9-11-29-23(28)13-17)27(26)15-19-12-18-7-8-24(30)32-21(18)14-22(19)33-27/h4-6,17-23,29H,7-15,28H2,1-3H3/p+1. The molecule has 1 spiro atoms. The molecule has 0 aromatic heterocycles. The van der Waals surface area contributed by atoms with Gasteiger partial charge in [0, 0.05) is 43.6 Å². The van der Waals surface area contributed by atoms with Crippen molar-refractivity contribution in [2.45, 2.75) is 102 Å². The van der Waals surface area contributed by atoms with Crippen LogP contribution in [0.5, 0.6) is 0 Å². The minimum Gasteiger partial charge on any atom is -0.462 e. The van der Waals surface area contributed by atoms with Gasteiger partial charge < -0.3 is 19.5 Å². The van der Waals surface area contributed by atoms with Gasteiger partial charge in [-0.3, -0.25) is 10.5 Å². The van der Waals surface area contributed by atoms with Gasteiger partial charge in [-0.2, -0.15) is 0 Å². The number of esters is 2. The zero-order valence-corrected chi connectivity index (χ0v) is 20.8. The number of hydrogen-bond donors (Lipinski definition) is 2. The monoisotopic (exact) mass is 473 g/mol. The van der Waals surface area contributed by atoms with Crippen LogP contribution in [-0.4, -0.2) is 48.1 Å². The molecule has 0 bridgehead atoms. The van der Waals surface area contributed by atoms with Crippen molar-refractivity contribution in [1.82, 2.24) is 0 Å². The molecule has 4 N–H and O–H groups in total. The van der Waals surface area contributed by atoms with Crippen LogP contribution in [0, 0.1) is 23.7 Å². The summed E-state index contributed by atoms with van der Waals surface area (Å²) >= 11 is 0. The first-order valence-electron chi connectivity index (χ1n) is 13.2. The van der Waals surface area contributed by atoms with Crippen LogP contribution in [0.1, 0.15) is 72.1 Å². The van der Waals surface area contributed by atoms with Gasteiger partial charge >= 0.3 is 11.9 Å². The van der Waals surface area contributed by atoms with Crippen LogP contribution in [0.25, 0.3) is 0 Å². The molecule has 7 nitrogen and oxygen atoms in total. The summed E-state index contributed by atoms with van der Waals surface area (Å²) in [5, 5.41) is 2.22. The summed E-state index contributed by atoms with van der Waals surface area (Å²) < 4.78 is 19.2. The van der Waals surface area contributed by atoms with E-state index >= 15 is 0 Å². The van der Waals surface area contributed by atoms with E-state index in [1.54, 1.807) is 13.0 Å². The Bertz CT molecular complexity index is 886. The number of allylic oxidation sites excluding steroid dienone is 1. The van der Waals surface area contributed by atoms with E-state index in [0.717, 1.165) is 45.1 Å². The highest BCUT2D eigenvalue weighted by Crippen LogP contribution is 2.59. The lowest BCUT2D eigenvalue weighted by Gasteiger charge is -2.53. The highest BCUT2D eigenvalue weighted by molar-refractivity contribution is 5.88. The maximum Gasteiger partial charge on any atom is 0.334 e. The van der Waals surface area contributed by atoms with E-state index in [1.807, 2.05) is 6.92 Å². The van der Waals surface area contributed by atoms with Crippen molar-refractivity contribution in [3.63, 3.8) is 0 Å². The first kappa shape index (κ1) is 24.0. The Kier molecular flexibility index (Phi) is 6.40. The fraction of sp³-hybridized carbons (Fsp3) is 0.778. The number of carbonyl (C=O) groups excluding carboxylic acids is 2. The number of hydrogen-bond acceptors (Lipinski definition) is 6. The van der Waals surface area contributed by atoms with Gasteiger partial charge in [-0.15, -0.1) is 0 Å². The Morgan fingerprint density at radius 1 is 1.21 bits per heavy atom. The highest BCUT2D eigenvalue weighted by Gasteiger charge is 2.65. The summed E-state index contributed by atoms with van der Waals surface area (Å²) in [7, 11) is 0. The first-order valence-corrected chi connectivity index (χ1v) is 13.2. The van der Waals surface area contributed by atoms with Crippen molar-refractivity contribution < 1.29 is 29.1 Å². The van der Waals surface area contributed by atoms with Crippen molar-refractivity contribution in [3.8, 4) is 0 Å². The van der Waals surface area contributed by atoms with Gasteiger partial charge in [-0.1, -0.05) is 18.2 Å². The Balaban J connectivity index is 1.49. The van der Waals surface area contributed by atoms with Gasteiger partial charge in [-0.05, 0) is 57.8 Å². The summed E-state index contributed by atoms with van der Waals surface area (Å²) in [5.41, 5.74) is 5.63. The molecule has 188 valence electrons. The van der Waals surface area contributed by atoms with Gasteiger partial charge in [0.05, 0.1) is 12.6 Å². The molecule has 3 heterocycles. The Hall–Kier alpha value is -1.70. The fourth-order valence-electron chi connectivity index (χ4n) is 7.51. The van der Waals surface area contributed by atoms with Crippen molar-refractivity contribution >= 4 is 11.9 Å². The van der Waals surface area contributed by atoms with Gasteiger partial charge in [0.25, 0.3) is 0 Å². The van der Waals surface area contributed by atoms with Crippen LogP contribution in [0.4, 0.5) is 0 Å². The van der Waals surface area contributed by atoms with Crippen LogP contribution in [0.2, 0.25) is 0 Å². The number of quaternary nitrogens is 1. The summed E-state index contributed by atoms with van der Waals surface area (Å²) in [6, 6.07) is 0. The van der Waals surface area contributed by atoms with E-state index in [1.165, 1.54) is 0 Å². The molecule has 34 heavy (non-hydrogen) atoms. The highest BCUT2D eigenvalue weighted by atomic mass is 16.6. The number of carbonyl (C=O) groups is 2. The minimum atomic E-state index is -0.766. The van der Waals surface area contributed by atoms with Crippen LogP contribution in [0.3, 0.4) is 0 Å². The summed E-state index contributed by atoms with van der Waals surface area (Å²) in [5.74, 6) is 0.966. The Morgan fingerprint density at radius 3 is 2.79 bits per heavy atom. The molecule has 0 aromatic carbocycles. The number of rotatable bonds is 3. The molecule has 4 fully saturated rings. The quantitative estimate of drug-likeness (QED) is 0.370. The van der Waals surface area contributed by atoms with Crippen LogP contribution in [-0.2, 0) is 23.8 Å². The molecule has 0 aromatic rings. The molecule has 1 saturated carbocycles. The average Bonchev–Trinajstić information content (AvgIpc) is 3.18. The number of nitrogens with two attached hydrogens (primary N) is 2.